The number of nitrogens with zero attached hydrogens (tertiary/aromatic N) is 2. The van der Waals surface area contributed by atoms with Gasteiger partial charge in [-0.3, -0.25) is 0 Å². The molecule has 3 rings (SSSR count). The predicted molar refractivity (Wildman–Crippen MR) is 68.5 cm³/mol. The lowest BCUT2D eigenvalue weighted by Crippen LogP contribution is -2.03. The molecule has 2 aromatic rings. The fraction of sp³-hybridized carbons (Fsp3) is 0.231. The highest BCUT2D eigenvalue weighted by atomic mass is 15.1. The van der Waals surface area contributed by atoms with E-state index in [2.05, 4.69) is 15.3 Å². The van der Waals surface area contributed by atoms with Crippen LogP contribution in [0, 0.1) is 0 Å². The number of benzene rings is 1. The smallest absolute Gasteiger partial charge is 0.130 e. The summed E-state index contributed by atoms with van der Waals surface area (Å²) in [5.74, 6) is 0.889. The molecule has 0 atom stereocenters. The summed E-state index contributed by atoms with van der Waals surface area (Å²) in [6, 6.07) is 10.3. The molecule has 0 spiro atoms. The Morgan fingerprint density at radius 2 is 2.06 bits per heavy atom. The monoisotopic (exact) mass is 226 g/mol. The molecule has 86 valence electrons. The standard InChI is InChI=1S/C13H14N4/c14-10-3-1-2-9(6-10)12-7-13(16-8-15-12)17-11-4-5-11/h1-3,6-8,11H,4-5,14H2,(H,15,16,17). The largest absolute Gasteiger partial charge is 0.399 e. The van der Waals surface area contributed by atoms with Gasteiger partial charge in [-0.25, -0.2) is 9.97 Å². The van der Waals surface area contributed by atoms with Gasteiger partial charge in [0.25, 0.3) is 0 Å². The number of aromatic nitrogens is 2. The second kappa shape index (κ2) is 4.05. The fourth-order valence-corrected chi connectivity index (χ4v) is 1.73. The van der Waals surface area contributed by atoms with Crippen molar-refractivity contribution >= 4 is 11.5 Å². The molecule has 1 aliphatic carbocycles. The van der Waals surface area contributed by atoms with Crippen molar-refractivity contribution in [2.45, 2.75) is 18.9 Å². The molecule has 17 heavy (non-hydrogen) atoms. The number of nitrogen functional groups attached to an aromatic ring is 1. The predicted octanol–water partition coefficient (Wildman–Crippen LogP) is 2.30. The molecule has 0 bridgehead atoms. The van der Waals surface area contributed by atoms with Crippen molar-refractivity contribution in [1.29, 1.82) is 0 Å². The van der Waals surface area contributed by atoms with E-state index in [1.807, 2.05) is 30.3 Å². The fourth-order valence-electron chi connectivity index (χ4n) is 1.73. The number of hydrogen-bond donors (Lipinski definition) is 2. The lowest BCUT2D eigenvalue weighted by Gasteiger charge is -2.06. The summed E-state index contributed by atoms with van der Waals surface area (Å²) in [5, 5.41) is 3.36. The second-order valence-corrected chi connectivity index (χ2v) is 4.33. The van der Waals surface area contributed by atoms with E-state index in [0.29, 0.717) is 6.04 Å². The number of hydrogen-bond acceptors (Lipinski definition) is 4. The van der Waals surface area contributed by atoms with E-state index in [1.165, 1.54) is 12.8 Å². The lowest BCUT2D eigenvalue weighted by molar-refractivity contribution is 1.08. The topological polar surface area (TPSA) is 63.8 Å². The number of anilines is 2. The third-order valence-corrected chi connectivity index (χ3v) is 2.78. The van der Waals surface area contributed by atoms with Gasteiger partial charge in [-0.15, -0.1) is 0 Å². The van der Waals surface area contributed by atoms with Gasteiger partial charge in [-0.2, -0.15) is 0 Å². The van der Waals surface area contributed by atoms with E-state index < -0.39 is 0 Å². The van der Waals surface area contributed by atoms with Gasteiger partial charge in [0.05, 0.1) is 5.69 Å². The molecule has 0 saturated heterocycles. The second-order valence-electron chi connectivity index (χ2n) is 4.33. The molecule has 1 saturated carbocycles. The van der Waals surface area contributed by atoms with E-state index in [-0.39, 0.29) is 0 Å². The van der Waals surface area contributed by atoms with Gasteiger partial charge in [0.2, 0.25) is 0 Å². The van der Waals surface area contributed by atoms with Crippen LogP contribution in [0.15, 0.2) is 36.7 Å². The summed E-state index contributed by atoms with van der Waals surface area (Å²) in [7, 11) is 0. The molecule has 0 radical (unpaired) electrons. The van der Waals surface area contributed by atoms with E-state index >= 15 is 0 Å². The minimum Gasteiger partial charge on any atom is -0.399 e. The molecule has 3 N–H and O–H groups in total. The molecule has 1 heterocycles. The Morgan fingerprint density at radius 1 is 1.18 bits per heavy atom. The molecule has 0 aliphatic heterocycles. The maximum absolute atomic E-state index is 5.77. The van der Waals surface area contributed by atoms with Gasteiger partial charge in [0.1, 0.15) is 12.1 Å². The van der Waals surface area contributed by atoms with Crippen LogP contribution < -0.4 is 11.1 Å². The Bertz CT molecular complexity index is 534. The van der Waals surface area contributed by atoms with Gasteiger partial charge >= 0.3 is 0 Å². The minimum atomic E-state index is 0.596. The van der Waals surface area contributed by atoms with Crippen LogP contribution in [-0.2, 0) is 0 Å². The SMILES string of the molecule is Nc1cccc(-c2cc(NC3CC3)ncn2)c1. The normalized spacial score (nSPS) is 14.6. The van der Waals surface area contributed by atoms with E-state index in [0.717, 1.165) is 22.8 Å². The summed E-state index contributed by atoms with van der Waals surface area (Å²) in [5.41, 5.74) is 8.43. The Balaban J connectivity index is 1.91. The van der Waals surface area contributed by atoms with Crippen molar-refractivity contribution in [2.75, 3.05) is 11.1 Å². The van der Waals surface area contributed by atoms with Crippen molar-refractivity contribution in [1.82, 2.24) is 9.97 Å². The van der Waals surface area contributed by atoms with Crippen molar-refractivity contribution in [3.05, 3.63) is 36.7 Å². The maximum atomic E-state index is 5.77. The third-order valence-electron chi connectivity index (χ3n) is 2.78. The third kappa shape index (κ3) is 2.36. The highest BCUT2D eigenvalue weighted by Gasteiger charge is 2.21. The summed E-state index contributed by atoms with van der Waals surface area (Å²) >= 11 is 0. The summed E-state index contributed by atoms with van der Waals surface area (Å²) < 4.78 is 0. The Labute approximate surface area is 99.9 Å². The average Bonchev–Trinajstić information content (AvgIpc) is 3.13. The van der Waals surface area contributed by atoms with Gasteiger partial charge in [-0.1, -0.05) is 12.1 Å². The summed E-state index contributed by atoms with van der Waals surface area (Å²) in [6.45, 7) is 0. The summed E-state index contributed by atoms with van der Waals surface area (Å²) in [6.07, 6.45) is 4.05. The highest BCUT2D eigenvalue weighted by Crippen LogP contribution is 2.25. The molecule has 4 nitrogen and oxygen atoms in total. The van der Waals surface area contributed by atoms with Crippen LogP contribution in [0.25, 0.3) is 11.3 Å². The van der Waals surface area contributed by atoms with E-state index in [4.69, 9.17) is 5.73 Å². The van der Waals surface area contributed by atoms with Gasteiger partial charge in [0, 0.05) is 23.4 Å². The van der Waals surface area contributed by atoms with Gasteiger partial charge in [0.15, 0.2) is 0 Å². The van der Waals surface area contributed by atoms with Crippen molar-refractivity contribution < 1.29 is 0 Å². The van der Waals surface area contributed by atoms with Crippen LogP contribution >= 0.6 is 0 Å². The van der Waals surface area contributed by atoms with Crippen LogP contribution in [0.1, 0.15) is 12.8 Å². The first kappa shape index (κ1) is 10.1. The molecule has 1 aromatic carbocycles. The van der Waals surface area contributed by atoms with E-state index in [9.17, 15) is 0 Å². The molecule has 0 amide bonds. The molecule has 1 aliphatic rings. The van der Waals surface area contributed by atoms with E-state index in [1.54, 1.807) is 6.33 Å². The van der Waals surface area contributed by atoms with Gasteiger partial charge < -0.3 is 11.1 Å². The Kier molecular flexibility index (Phi) is 2.40. The minimum absolute atomic E-state index is 0.596. The van der Waals surface area contributed by atoms with Crippen LogP contribution in [0.5, 0.6) is 0 Å². The first-order chi connectivity index (χ1) is 8.31. The number of nitrogens with one attached hydrogen (secondary N) is 1. The molecule has 0 unspecified atom stereocenters. The lowest BCUT2D eigenvalue weighted by atomic mass is 10.1. The van der Waals surface area contributed by atoms with Crippen LogP contribution in [-0.4, -0.2) is 16.0 Å². The molecule has 1 fully saturated rings. The molecule has 1 aromatic heterocycles. The van der Waals surface area contributed by atoms with Crippen molar-refractivity contribution in [2.24, 2.45) is 0 Å². The Hall–Kier alpha value is -2.10. The molecular formula is C13H14N4. The quantitative estimate of drug-likeness (QED) is 0.788. The van der Waals surface area contributed by atoms with Crippen molar-refractivity contribution in [3.8, 4) is 11.3 Å². The Morgan fingerprint density at radius 3 is 2.82 bits per heavy atom. The molecule has 4 heteroatoms. The van der Waals surface area contributed by atoms with Crippen LogP contribution in [0.3, 0.4) is 0 Å². The first-order valence-corrected chi connectivity index (χ1v) is 5.76. The average molecular weight is 226 g/mol. The zero-order valence-corrected chi connectivity index (χ0v) is 9.43. The number of rotatable bonds is 3. The van der Waals surface area contributed by atoms with Crippen molar-refractivity contribution in [3.63, 3.8) is 0 Å². The molecular weight excluding hydrogens is 212 g/mol. The van der Waals surface area contributed by atoms with Crippen LogP contribution in [0.2, 0.25) is 0 Å². The zero-order valence-electron chi connectivity index (χ0n) is 9.43. The summed E-state index contributed by atoms with van der Waals surface area (Å²) in [4.78, 5) is 8.49. The van der Waals surface area contributed by atoms with Crippen LogP contribution in [0.4, 0.5) is 11.5 Å². The number of nitrogens with two attached hydrogens (primary N) is 1. The highest BCUT2D eigenvalue weighted by molar-refractivity contribution is 5.66. The first-order valence-electron chi connectivity index (χ1n) is 5.76. The maximum Gasteiger partial charge on any atom is 0.130 e. The van der Waals surface area contributed by atoms with Gasteiger partial charge in [-0.05, 0) is 25.0 Å². The zero-order chi connectivity index (χ0) is 11.7.